The molecule has 0 aliphatic heterocycles. The SMILES string of the molecule is COc1cc(N)ccc1S(=O)(=O)Nc1cc(C)on1. The van der Waals surface area contributed by atoms with Gasteiger partial charge in [-0.3, -0.25) is 4.72 Å². The van der Waals surface area contributed by atoms with E-state index < -0.39 is 10.0 Å². The molecule has 2 rings (SSSR count). The molecule has 1 aromatic carbocycles. The molecule has 0 aliphatic carbocycles. The molecule has 0 unspecified atom stereocenters. The molecule has 19 heavy (non-hydrogen) atoms. The summed E-state index contributed by atoms with van der Waals surface area (Å²) in [6, 6.07) is 5.75. The molecule has 7 nitrogen and oxygen atoms in total. The molecule has 0 amide bonds. The molecule has 0 spiro atoms. The molecule has 0 saturated carbocycles. The second-order valence-electron chi connectivity index (χ2n) is 3.84. The standard InChI is InChI=1S/C11H13N3O4S/c1-7-5-11(13-18-7)14-19(15,16)10-4-3-8(12)6-9(10)17-2/h3-6H,12H2,1-2H3,(H,13,14). The molecular weight excluding hydrogens is 270 g/mol. The third-order valence-corrected chi connectivity index (χ3v) is 3.74. The molecule has 0 atom stereocenters. The second-order valence-corrected chi connectivity index (χ2v) is 5.49. The van der Waals surface area contributed by atoms with Crippen molar-refractivity contribution < 1.29 is 17.7 Å². The van der Waals surface area contributed by atoms with E-state index in [9.17, 15) is 8.42 Å². The van der Waals surface area contributed by atoms with Crippen LogP contribution in [0.15, 0.2) is 33.7 Å². The zero-order valence-corrected chi connectivity index (χ0v) is 11.2. The van der Waals surface area contributed by atoms with Gasteiger partial charge >= 0.3 is 0 Å². The van der Waals surface area contributed by atoms with Crippen LogP contribution in [0.25, 0.3) is 0 Å². The summed E-state index contributed by atoms with van der Waals surface area (Å²) >= 11 is 0. The first-order chi connectivity index (χ1) is 8.92. The highest BCUT2D eigenvalue weighted by Gasteiger charge is 2.21. The number of aromatic nitrogens is 1. The van der Waals surface area contributed by atoms with Gasteiger partial charge in [-0.15, -0.1) is 0 Å². The molecule has 3 N–H and O–H groups in total. The van der Waals surface area contributed by atoms with Crippen LogP contribution >= 0.6 is 0 Å². The summed E-state index contributed by atoms with van der Waals surface area (Å²) in [6.07, 6.45) is 0. The minimum atomic E-state index is -3.81. The minimum Gasteiger partial charge on any atom is -0.495 e. The summed E-state index contributed by atoms with van der Waals surface area (Å²) in [6.45, 7) is 1.66. The van der Waals surface area contributed by atoms with Crippen LogP contribution in [0.1, 0.15) is 5.76 Å². The van der Waals surface area contributed by atoms with Gasteiger partial charge in [0.15, 0.2) is 5.82 Å². The van der Waals surface area contributed by atoms with E-state index in [2.05, 4.69) is 9.88 Å². The van der Waals surface area contributed by atoms with Crippen molar-refractivity contribution >= 4 is 21.5 Å². The maximum atomic E-state index is 12.2. The molecule has 0 saturated heterocycles. The van der Waals surface area contributed by atoms with Gasteiger partial charge in [0.05, 0.1) is 7.11 Å². The lowest BCUT2D eigenvalue weighted by Crippen LogP contribution is -2.14. The lowest BCUT2D eigenvalue weighted by atomic mass is 10.3. The first kappa shape index (κ1) is 13.2. The van der Waals surface area contributed by atoms with Gasteiger partial charge in [-0.25, -0.2) is 8.42 Å². The van der Waals surface area contributed by atoms with Gasteiger partial charge in [-0.2, -0.15) is 0 Å². The van der Waals surface area contributed by atoms with Crippen molar-refractivity contribution in [2.24, 2.45) is 0 Å². The van der Waals surface area contributed by atoms with Gasteiger partial charge < -0.3 is 15.0 Å². The Balaban J connectivity index is 2.39. The topological polar surface area (TPSA) is 107 Å². The highest BCUT2D eigenvalue weighted by atomic mass is 32.2. The number of anilines is 2. The van der Waals surface area contributed by atoms with E-state index in [-0.39, 0.29) is 16.5 Å². The predicted octanol–water partition coefficient (Wildman–Crippen LogP) is 1.37. The average Bonchev–Trinajstić information content (AvgIpc) is 2.73. The molecule has 102 valence electrons. The van der Waals surface area contributed by atoms with Gasteiger partial charge in [0.2, 0.25) is 0 Å². The van der Waals surface area contributed by atoms with Crippen molar-refractivity contribution in [3.05, 3.63) is 30.0 Å². The van der Waals surface area contributed by atoms with Crippen LogP contribution in [-0.2, 0) is 10.0 Å². The Morgan fingerprint density at radius 3 is 2.68 bits per heavy atom. The fraction of sp³-hybridized carbons (Fsp3) is 0.182. The number of nitrogens with one attached hydrogen (secondary N) is 1. The fourth-order valence-electron chi connectivity index (χ4n) is 1.51. The first-order valence-corrected chi connectivity index (χ1v) is 6.80. The Labute approximate surface area is 110 Å². The fourth-order valence-corrected chi connectivity index (χ4v) is 2.65. The maximum Gasteiger partial charge on any atom is 0.266 e. The van der Waals surface area contributed by atoms with Crippen molar-refractivity contribution in [1.29, 1.82) is 0 Å². The van der Waals surface area contributed by atoms with Crippen molar-refractivity contribution in [3.8, 4) is 5.75 Å². The maximum absolute atomic E-state index is 12.2. The molecule has 0 aliphatic rings. The number of hydrogen-bond donors (Lipinski definition) is 2. The number of ether oxygens (including phenoxy) is 1. The van der Waals surface area contributed by atoms with Gasteiger partial charge in [-0.05, 0) is 19.1 Å². The molecule has 0 fully saturated rings. The number of nitrogens with two attached hydrogens (primary N) is 1. The number of hydrogen-bond acceptors (Lipinski definition) is 6. The minimum absolute atomic E-state index is 0.0233. The van der Waals surface area contributed by atoms with Gasteiger partial charge in [0, 0.05) is 17.8 Å². The van der Waals surface area contributed by atoms with Crippen molar-refractivity contribution in [3.63, 3.8) is 0 Å². The summed E-state index contributed by atoms with van der Waals surface area (Å²) in [7, 11) is -2.44. The molecule has 1 aromatic heterocycles. The third kappa shape index (κ3) is 2.79. The summed E-state index contributed by atoms with van der Waals surface area (Å²) in [4.78, 5) is -0.0233. The smallest absolute Gasteiger partial charge is 0.266 e. The van der Waals surface area contributed by atoms with E-state index in [4.69, 9.17) is 15.0 Å². The average molecular weight is 283 g/mol. The molecule has 1 heterocycles. The van der Waals surface area contributed by atoms with Crippen LogP contribution in [0.4, 0.5) is 11.5 Å². The number of rotatable bonds is 4. The number of methoxy groups -OCH3 is 1. The summed E-state index contributed by atoms with van der Waals surface area (Å²) in [5.74, 6) is 0.770. The molecular formula is C11H13N3O4S. The Kier molecular flexibility index (Phi) is 3.34. The number of aryl methyl sites for hydroxylation is 1. The Hall–Kier alpha value is -2.22. The number of nitrogens with zero attached hydrogens (tertiary/aromatic N) is 1. The van der Waals surface area contributed by atoms with Crippen LogP contribution in [0.3, 0.4) is 0 Å². The normalized spacial score (nSPS) is 11.3. The van der Waals surface area contributed by atoms with Crippen molar-refractivity contribution in [1.82, 2.24) is 5.16 Å². The summed E-state index contributed by atoms with van der Waals surface area (Å²) < 4.78 is 36.5. The molecule has 8 heteroatoms. The zero-order chi connectivity index (χ0) is 14.0. The first-order valence-electron chi connectivity index (χ1n) is 5.32. The zero-order valence-electron chi connectivity index (χ0n) is 10.4. The molecule has 0 radical (unpaired) electrons. The summed E-state index contributed by atoms with van der Waals surface area (Å²) in [5.41, 5.74) is 5.99. The third-order valence-electron chi connectivity index (χ3n) is 2.34. The van der Waals surface area contributed by atoms with E-state index >= 15 is 0 Å². The Morgan fingerprint density at radius 2 is 2.11 bits per heavy atom. The summed E-state index contributed by atoms with van der Waals surface area (Å²) in [5, 5.41) is 3.57. The predicted molar refractivity (Wildman–Crippen MR) is 69.5 cm³/mol. The van der Waals surface area contributed by atoms with E-state index in [0.29, 0.717) is 11.4 Å². The second kappa shape index (κ2) is 4.81. The monoisotopic (exact) mass is 283 g/mol. The number of nitrogen functional groups attached to an aromatic ring is 1. The quantitative estimate of drug-likeness (QED) is 0.821. The van der Waals surface area contributed by atoms with Gasteiger partial charge in [-0.1, -0.05) is 5.16 Å². The van der Waals surface area contributed by atoms with Crippen LogP contribution in [0, 0.1) is 6.92 Å². The highest BCUT2D eigenvalue weighted by Crippen LogP contribution is 2.27. The lowest BCUT2D eigenvalue weighted by Gasteiger charge is -2.10. The Bertz CT molecular complexity index is 694. The largest absolute Gasteiger partial charge is 0.495 e. The van der Waals surface area contributed by atoms with Gasteiger partial charge in [0.1, 0.15) is 16.4 Å². The van der Waals surface area contributed by atoms with E-state index in [1.54, 1.807) is 6.92 Å². The number of sulfonamides is 1. The number of benzene rings is 1. The molecule has 0 bridgehead atoms. The van der Waals surface area contributed by atoms with Gasteiger partial charge in [0.25, 0.3) is 10.0 Å². The van der Waals surface area contributed by atoms with Crippen LogP contribution < -0.4 is 15.2 Å². The van der Waals surface area contributed by atoms with Crippen molar-refractivity contribution in [2.45, 2.75) is 11.8 Å². The lowest BCUT2D eigenvalue weighted by molar-refractivity contribution is 0.399. The Morgan fingerprint density at radius 1 is 1.37 bits per heavy atom. The van der Waals surface area contributed by atoms with E-state index in [0.717, 1.165) is 0 Å². The highest BCUT2D eigenvalue weighted by molar-refractivity contribution is 7.92. The van der Waals surface area contributed by atoms with E-state index in [1.807, 2.05) is 0 Å². The van der Waals surface area contributed by atoms with Crippen molar-refractivity contribution in [2.75, 3.05) is 17.6 Å². The van der Waals surface area contributed by atoms with E-state index in [1.165, 1.54) is 31.4 Å². The van der Waals surface area contributed by atoms with Crippen LogP contribution in [0.2, 0.25) is 0 Å². The molecule has 2 aromatic rings. The van der Waals surface area contributed by atoms with Crippen LogP contribution in [-0.4, -0.2) is 20.7 Å². The van der Waals surface area contributed by atoms with Crippen LogP contribution in [0.5, 0.6) is 5.75 Å².